The Hall–Kier alpha value is -5.08. The van der Waals surface area contributed by atoms with Gasteiger partial charge in [0, 0.05) is 22.3 Å². The highest BCUT2D eigenvalue weighted by molar-refractivity contribution is 8.01. The summed E-state index contributed by atoms with van der Waals surface area (Å²) in [6, 6.07) is 11.5. The van der Waals surface area contributed by atoms with Gasteiger partial charge < -0.3 is 51.2 Å². The van der Waals surface area contributed by atoms with E-state index >= 15 is 0 Å². The SMILES string of the molecule is CN[C@@H](C)C(=O)N[C@H](C(=O)N1CSC2(CC2)[C@H]1C(=O)N[C@H]1c2ccccc2C[C@H]1OCC#CC#CCO[C@@H]1Cc2ccccc2[C@@H]1NC(=O)[C@H]1N(C(=O)[C@@H](NC(=O)[C@H](C)NC)C2CCCCC2)CSC12CC2)C1CCCCC1. The fourth-order valence-corrected chi connectivity index (χ4v) is 16.0. The van der Waals surface area contributed by atoms with Gasteiger partial charge in [0.15, 0.2) is 0 Å². The molecular weight excluding hydrogens is 1020 g/mol. The van der Waals surface area contributed by atoms with Crippen LogP contribution >= 0.6 is 23.5 Å². The van der Waals surface area contributed by atoms with Gasteiger partial charge in [-0.1, -0.05) is 98.9 Å². The summed E-state index contributed by atoms with van der Waals surface area (Å²) in [5.74, 6) is 11.5. The zero-order valence-electron chi connectivity index (χ0n) is 45.7. The van der Waals surface area contributed by atoms with Crippen molar-refractivity contribution in [3.8, 4) is 23.7 Å². The van der Waals surface area contributed by atoms with Crippen molar-refractivity contribution < 1.29 is 38.2 Å². The first-order valence-electron chi connectivity index (χ1n) is 28.6. The maximum Gasteiger partial charge on any atom is 0.246 e. The molecule has 2 aromatic rings. The van der Waals surface area contributed by atoms with E-state index in [-0.39, 0.29) is 70.0 Å². The summed E-state index contributed by atoms with van der Waals surface area (Å²) in [4.78, 5) is 88.6. The average Bonchev–Trinajstić information content (AvgIpc) is 4.39. The lowest BCUT2D eigenvalue weighted by molar-refractivity contribution is -0.144. The molecule has 78 heavy (non-hydrogen) atoms. The molecule has 2 aromatic carbocycles. The van der Waals surface area contributed by atoms with Gasteiger partial charge in [0.25, 0.3) is 0 Å². The third-order valence-electron chi connectivity index (χ3n) is 18.1. The molecule has 2 heterocycles. The van der Waals surface area contributed by atoms with Crippen LogP contribution < -0.4 is 31.9 Å². The van der Waals surface area contributed by atoms with Crippen LogP contribution in [-0.4, -0.2) is 142 Å². The summed E-state index contributed by atoms with van der Waals surface area (Å²) in [7, 11) is 3.46. The van der Waals surface area contributed by atoms with Crippen LogP contribution in [0.2, 0.25) is 0 Å². The lowest BCUT2D eigenvalue weighted by atomic mass is 9.83. The summed E-state index contributed by atoms with van der Waals surface area (Å²) >= 11 is 3.35. The molecule has 16 nitrogen and oxygen atoms in total. The molecule has 2 spiro atoms. The van der Waals surface area contributed by atoms with Crippen molar-refractivity contribution in [2.75, 3.05) is 39.1 Å². The predicted octanol–water partition coefficient (Wildman–Crippen LogP) is 4.81. The molecule has 18 heteroatoms. The zero-order chi connectivity index (χ0) is 54.6. The van der Waals surface area contributed by atoms with Crippen molar-refractivity contribution >= 4 is 59.0 Å². The Morgan fingerprint density at radius 1 is 0.590 bits per heavy atom. The van der Waals surface area contributed by atoms with Gasteiger partial charge in [0.1, 0.15) is 37.4 Å². The third kappa shape index (κ3) is 12.0. The Morgan fingerprint density at radius 2 is 0.974 bits per heavy atom. The van der Waals surface area contributed by atoms with Gasteiger partial charge in [-0.15, -0.1) is 23.5 Å². The number of rotatable bonds is 18. The standard InChI is InChI=1S/C60H78N8O8S2/c1-37(61-3)53(69)63-47(39-19-9-7-10-20-39)57(73)67-35-77-59(27-28-59)51(67)55(71)65-49-43-25-15-13-23-41(43)33-45(49)75-31-17-5-6-18-32-76-46-34-42-24-14-16-26-44(42)50(46)66-56(72)52-60(29-30-60)78-36-68(52)58(74)48(40-21-11-8-12-22-40)64-54(70)38(2)62-4/h13-16,23-26,37-40,45-52,61-62H,7-12,19-22,27-36H2,1-4H3,(H,63,69)(H,64,70)(H,65,71)(H,66,72)/t37-,38-,45+,46+,47-,48-,49-,50-,51+,52+/m0/s1. The molecule has 10 atom stereocenters. The van der Waals surface area contributed by atoms with Crippen LogP contribution in [0.3, 0.4) is 0 Å². The summed E-state index contributed by atoms with van der Waals surface area (Å²) in [6.07, 6.45) is 13.5. The number of hydrogen-bond donors (Lipinski definition) is 6. The predicted molar refractivity (Wildman–Crippen MR) is 301 cm³/mol. The van der Waals surface area contributed by atoms with E-state index in [2.05, 4.69) is 67.7 Å². The number of likely N-dealkylation sites (N-methyl/N-ethyl adjacent to an activating group) is 2. The number of amides is 6. The van der Waals surface area contributed by atoms with Crippen LogP contribution in [0.15, 0.2) is 48.5 Å². The zero-order valence-corrected chi connectivity index (χ0v) is 47.3. The van der Waals surface area contributed by atoms with Gasteiger partial charge in [-0.3, -0.25) is 28.8 Å². The molecule has 2 saturated heterocycles. The Kier molecular flexibility index (Phi) is 17.8. The highest BCUT2D eigenvalue weighted by Crippen LogP contribution is 2.59. The van der Waals surface area contributed by atoms with E-state index in [4.69, 9.17) is 9.47 Å². The van der Waals surface area contributed by atoms with E-state index in [0.717, 1.165) is 112 Å². The summed E-state index contributed by atoms with van der Waals surface area (Å²) in [5.41, 5.74) is 4.13. The Labute approximate surface area is 468 Å². The van der Waals surface area contributed by atoms with Gasteiger partial charge in [-0.2, -0.15) is 0 Å². The second kappa shape index (κ2) is 24.7. The lowest BCUT2D eigenvalue weighted by Gasteiger charge is -2.36. The van der Waals surface area contributed by atoms with Crippen molar-refractivity contribution in [3.05, 3.63) is 70.8 Å². The van der Waals surface area contributed by atoms with E-state index < -0.39 is 60.5 Å². The van der Waals surface area contributed by atoms with E-state index in [0.29, 0.717) is 24.6 Å². The molecule has 6 amide bonds. The normalized spacial score (nSPS) is 27.0. The smallest absolute Gasteiger partial charge is 0.246 e. The number of carbonyl (C=O) groups is 6. The number of fused-ring (bicyclic) bond motifs is 2. The second-order valence-corrected chi connectivity index (χ2v) is 25.7. The van der Waals surface area contributed by atoms with Crippen LogP contribution in [0, 0.1) is 35.5 Å². The number of carbonyl (C=O) groups excluding carboxylic acids is 6. The van der Waals surface area contributed by atoms with E-state index in [1.807, 2.05) is 36.4 Å². The minimum absolute atomic E-state index is 0.0163. The number of benzene rings is 2. The molecule has 6 fully saturated rings. The first-order chi connectivity index (χ1) is 37.8. The fourth-order valence-electron chi connectivity index (χ4n) is 13.1. The Bertz CT molecular complexity index is 2520. The molecule has 10 rings (SSSR count). The molecule has 0 unspecified atom stereocenters. The molecule has 0 aromatic heterocycles. The van der Waals surface area contributed by atoms with E-state index in [9.17, 15) is 28.8 Å². The molecule has 6 N–H and O–H groups in total. The average molecular weight is 1100 g/mol. The molecule has 8 aliphatic rings. The summed E-state index contributed by atoms with van der Waals surface area (Å²) in [5, 5.41) is 18.9. The number of nitrogens with one attached hydrogen (secondary N) is 6. The van der Waals surface area contributed by atoms with Crippen molar-refractivity contribution in [1.29, 1.82) is 0 Å². The van der Waals surface area contributed by atoms with Crippen LogP contribution in [-0.2, 0) is 51.1 Å². The first kappa shape index (κ1) is 56.2. The number of thioether (sulfide) groups is 2. The topological polar surface area (TPSA) is 200 Å². The van der Waals surface area contributed by atoms with Crippen LogP contribution in [0.5, 0.6) is 0 Å². The van der Waals surface area contributed by atoms with Gasteiger partial charge in [-0.05, 0) is 125 Å². The minimum atomic E-state index is -0.693. The van der Waals surface area contributed by atoms with Gasteiger partial charge in [0.2, 0.25) is 35.4 Å². The fraction of sp³-hybridized carbons (Fsp3) is 0.633. The largest absolute Gasteiger partial charge is 0.363 e. The molecule has 2 aliphatic heterocycles. The Balaban J connectivity index is 0.764. The van der Waals surface area contributed by atoms with Crippen LogP contribution in [0.25, 0.3) is 0 Å². The lowest BCUT2D eigenvalue weighted by Crippen LogP contribution is -2.60. The summed E-state index contributed by atoms with van der Waals surface area (Å²) < 4.78 is 12.1. The summed E-state index contributed by atoms with van der Waals surface area (Å²) in [6.45, 7) is 3.73. The van der Waals surface area contributed by atoms with Gasteiger partial charge >= 0.3 is 0 Å². The molecule has 0 bridgehead atoms. The molecule has 418 valence electrons. The molecule has 6 aliphatic carbocycles. The van der Waals surface area contributed by atoms with Crippen LogP contribution in [0.4, 0.5) is 0 Å². The first-order valence-corrected chi connectivity index (χ1v) is 30.6. The second-order valence-electron chi connectivity index (χ2n) is 23.0. The molecule has 0 radical (unpaired) electrons. The number of nitrogens with zero attached hydrogens (tertiary/aromatic N) is 2. The van der Waals surface area contributed by atoms with Crippen molar-refractivity contribution in [2.24, 2.45) is 11.8 Å². The number of ether oxygens (including phenoxy) is 2. The minimum Gasteiger partial charge on any atom is -0.363 e. The van der Waals surface area contributed by atoms with E-state index in [1.54, 1.807) is 61.3 Å². The molecular formula is C60H78N8O8S2. The van der Waals surface area contributed by atoms with Crippen molar-refractivity contribution in [3.63, 3.8) is 0 Å². The maximum atomic E-state index is 14.7. The third-order valence-corrected chi connectivity index (χ3v) is 21.3. The van der Waals surface area contributed by atoms with Crippen LogP contribution in [0.1, 0.15) is 138 Å². The quantitative estimate of drug-likeness (QED) is 0.112. The number of hydrogen-bond acceptors (Lipinski definition) is 12. The maximum absolute atomic E-state index is 14.7. The highest BCUT2D eigenvalue weighted by Gasteiger charge is 2.63. The van der Waals surface area contributed by atoms with Gasteiger partial charge in [0.05, 0.1) is 48.1 Å². The Morgan fingerprint density at radius 3 is 1.35 bits per heavy atom. The van der Waals surface area contributed by atoms with E-state index in [1.165, 1.54) is 0 Å². The van der Waals surface area contributed by atoms with Gasteiger partial charge in [-0.25, -0.2) is 0 Å². The van der Waals surface area contributed by atoms with Crippen molar-refractivity contribution in [2.45, 2.75) is 187 Å². The monoisotopic (exact) mass is 1100 g/mol. The molecule has 4 saturated carbocycles. The van der Waals surface area contributed by atoms with Crippen molar-refractivity contribution in [1.82, 2.24) is 41.7 Å². The highest BCUT2D eigenvalue weighted by atomic mass is 32.2.